The van der Waals surface area contributed by atoms with Crippen molar-refractivity contribution in [2.45, 2.75) is 19.3 Å². The standard InChI is InChI=1S/C27H23NO7S/c1-32-16-8-6-15(7-9-16)21-14-36-25(24(21)27(31)33-2)28-23(29)13-34-17-10-11-19-18-4-3-5-20(18)26(30)35-22(19)12-17/h6-12,14H,3-5,13H2,1-2H3,(H,28,29). The first kappa shape index (κ1) is 23.6. The predicted octanol–water partition coefficient (Wildman–Crippen LogP) is 4.82. The zero-order valence-corrected chi connectivity index (χ0v) is 20.5. The number of amides is 1. The Morgan fingerprint density at radius 1 is 1.03 bits per heavy atom. The van der Waals surface area contributed by atoms with Crippen molar-refractivity contribution in [1.29, 1.82) is 0 Å². The molecule has 0 saturated carbocycles. The van der Waals surface area contributed by atoms with Crippen LogP contribution >= 0.6 is 11.3 Å². The lowest BCUT2D eigenvalue weighted by Gasteiger charge is -2.10. The highest BCUT2D eigenvalue weighted by Gasteiger charge is 2.23. The third-order valence-corrected chi connectivity index (χ3v) is 7.04. The van der Waals surface area contributed by atoms with Gasteiger partial charge in [0.25, 0.3) is 5.91 Å². The molecule has 0 spiro atoms. The van der Waals surface area contributed by atoms with Crippen molar-refractivity contribution in [3.05, 3.63) is 75.0 Å². The molecule has 0 radical (unpaired) electrons. The van der Waals surface area contributed by atoms with Crippen molar-refractivity contribution in [3.8, 4) is 22.6 Å². The molecule has 1 amide bonds. The van der Waals surface area contributed by atoms with Gasteiger partial charge in [0.2, 0.25) is 0 Å². The minimum absolute atomic E-state index is 0.266. The third kappa shape index (κ3) is 4.45. The lowest BCUT2D eigenvalue weighted by atomic mass is 10.0. The number of benzene rings is 2. The van der Waals surface area contributed by atoms with Gasteiger partial charge in [-0.3, -0.25) is 4.79 Å². The second kappa shape index (κ2) is 9.87. The van der Waals surface area contributed by atoms with Gasteiger partial charge in [-0.15, -0.1) is 11.3 Å². The second-order valence-electron chi connectivity index (χ2n) is 8.27. The van der Waals surface area contributed by atoms with Crippen LogP contribution < -0.4 is 20.4 Å². The van der Waals surface area contributed by atoms with Crippen LogP contribution in [0, 0.1) is 0 Å². The summed E-state index contributed by atoms with van der Waals surface area (Å²) in [5, 5.41) is 5.79. The maximum Gasteiger partial charge on any atom is 0.341 e. The van der Waals surface area contributed by atoms with Crippen molar-refractivity contribution in [2.75, 3.05) is 26.1 Å². The molecule has 1 N–H and O–H groups in total. The number of carbonyl (C=O) groups is 2. The van der Waals surface area contributed by atoms with Crippen LogP contribution in [0.5, 0.6) is 11.5 Å². The molecule has 0 atom stereocenters. The van der Waals surface area contributed by atoms with Gasteiger partial charge in [0.15, 0.2) is 6.61 Å². The van der Waals surface area contributed by atoms with Crippen molar-refractivity contribution >= 4 is 39.2 Å². The van der Waals surface area contributed by atoms with E-state index in [0.29, 0.717) is 27.6 Å². The Kier molecular flexibility index (Phi) is 6.47. The van der Waals surface area contributed by atoms with E-state index in [-0.39, 0.29) is 17.8 Å². The topological polar surface area (TPSA) is 104 Å². The SMILES string of the molecule is COC(=O)c1c(-c2ccc(OC)cc2)csc1NC(=O)COc1ccc2c3c(c(=O)oc2c1)CCC3. The lowest BCUT2D eigenvalue weighted by Crippen LogP contribution is -2.21. The Labute approximate surface area is 210 Å². The van der Waals surface area contributed by atoms with Crippen LogP contribution in [0.1, 0.15) is 27.9 Å². The number of thiophene rings is 1. The molecule has 2 heterocycles. The molecule has 0 bridgehead atoms. The summed E-state index contributed by atoms with van der Waals surface area (Å²) >= 11 is 1.22. The predicted molar refractivity (Wildman–Crippen MR) is 136 cm³/mol. The van der Waals surface area contributed by atoms with Crippen LogP contribution in [0.4, 0.5) is 5.00 Å². The number of hydrogen-bond donors (Lipinski definition) is 1. The van der Waals surface area contributed by atoms with Gasteiger partial charge < -0.3 is 23.9 Å². The second-order valence-corrected chi connectivity index (χ2v) is 9.15. The summed E-state index contributed by atoms with van der Waals surface area (Å²) in [6.45, 7) is -0.295. The summed E-state index contributed by atoms with van der Waals surface area (Å²) in [5.74, 6) is 0.0860. The van der Waals surface area contributed by atoms with Crippen molar-refractivity contribution in [3.63, 3.8) is 0 Å². The minimum Gasteiger partial charge on any atom is -0.497 e. The Morgan fingerprint density at radius 2 is 1.78 bits per heavy atom. The first-order valence-electron chi connectivity index (χ1n) is 11.3. The normalized spacial score (nSPS) is 12.3. The number of hydrogen-bond acceptors (Lipinski definition) is 8. The Bertz CT molecular complexity index is 1520. The van der Waals surface area contributed by atoms with E-state index < -0.39 is 11.9 Å². The number of methoxy groups -OCH3 is 2. The molecule has 184 valence electrons. The molecule has 0 saturated heterocycles. The maximum atomic E-state index is 12.7. The summed E-state index contributed by atoms with van der Waals surface area (Å²) in [5.41, 5.74) is 3.60. The van der Waals surface area contributed by atoms with Gasteiger partial charge in [0.05, 0.1) is 14.2 Å². The molecule has 2 aromatic carbocycles. The number of aryl methyl sites for hydroxylation is 1. The number of nitrogens with one attached hydrogen (secondary N) is 1. The largest absolute Gasteiger partial charge is 0.497 e. The van der Waals surface area contributed by atoms with E-state index >= 15 is 0 Å². The molecule has 36 heavy (non-hydrogen) atoms. The Morgan fingerprint density at radius 3 is 2.53 bits per heavy atom. The Balaban J connectivity index is 1.32. The smallest absolute Gasteiger partial charge is 0.341 e. The highest BCUT2D eigenvalue weighted by atomic mass is 32.1. The minimum atomic E-state index is -0.560. The number of ether oxygens (including phenoxy) is 3. The zero-order valence-electron chi connectivity index (χ0n) is 19.7. The molecule has 0 fully saturated rings. The molecular weight excluding hydrogens is 482 g/mol. The van der Waals surface area contributed by atoms with E-state index in [9.17, 15) is 14.4 Å². The van der Waals surface area contributed by atoms with E-state index in [1.54, 1.807) is 36.8 Å². The highest BCUT2D eigenvalue weighted by Crippen LogP contribution is 2.37. The zero-order chi connectivity index (χ0) is 25.2. The number of carbonyl (C=O) groups excluding carboxylic acids is 2. The molecule has 2 aromatic heterocycles. The molecule has 4 aromatic rings. The summed E-state index contributed by atoms with van der Waals surface area (Å²) in [4.78, 5) is 37.5. The van der Waals surface area contributed by atoms with Crippen LogP contribution in [0.25, 0.3) is 22.1 Å². The fourth-order valence-electron chi connectivity index (χ4n) is 4.40. The van der Waals surface area contributed by atoms with Crippen molar-refractivity contribution in [1.82, 2.24) is 0 Å². The molecule has 0 aliphatic heterocycles. The third-order valence-electron chi connectivity index (χ3n) is 6.15. The Hall–Kier alpha value is -4.11. The van der Waals surface area contributed by atoms with Crippen molar-refractivity contribution in [2.24, 2.45) is 0 Å². The summed E-state index contributed by atoms with van der Waals surface area (Å²) in [6.07, 6.45) is 2.53. The highest BCUT2D eigenvalue weighted by molar-refractivity contribution is 7.15. The van der Waals surface area contributed by atoms with E-state index in [4.69, 9.17) is 18.6 Å². The molecule has 1 aliphatic carbocycles. The fraction of sp³-hybridized carbons (Fsp3) is 0.222. The number of esters is 1. The molecule has 1 aliphatic rings. The summed E-state index contributed by atoms with van der Waals surface area (Å²) in [7, 11) is 2.87. The molecule has 5 rings (SSSR count). The number of rotatable bonds is 7. The van der Waals surface area contributed by atoms with Crippen LogP contribution in [-0.2, 0) is 22.4 Å². The number of fused-ring (bicyclic) bond motifs is 3. The van der Waals surface area contributed by atoms with E-state index in [1.165, 1.54) is 18.4 Å². The fourth-order valence-corrected chi connectivity index (χ4v) is 5.38. The van der Waals surface area contributed by atoms with Crippen molar-refractivity contribution < 1.29 is 28.2 Å². The molecular formula is C27H23NO7S. The number of anilines is 1. The van der Waals surface area contributed by atoms with Gasteiger partial charge >= 0.3 is 11.6 Å². The van der Waals surface area contributed by atoms with Crippen LogP contribution in [0.15, 0.2) is 57.1 Å². The quantitative estimate of drug-likeness (QED) is 0.284. The lowest BCUT2D eigenvalue weighted by molar-refractivity contribution is -0.118. The molecule has 0 unspecified atom stereocenters. The van der Waals surface area contributed by atoms with Gasteiger partial charge in [-0.25, -0.2) is 9.59 Å². The van der Waals surface area contributed by atoms with E-state index in [1.807, 2.05) is 18.2 Å². The van der Waals surface area contributed by atoms with Crippen LogP contribution in [0.3, 0.4) is 0 Å². The summed E-state index contributed by atoms with van der Waals surface area (Å²) < 4.78 is 21.3. The molecule has 9 heteroatoms. The average Bonchev–Trinajstić information content (AvgIpc) is 3.55. The van der Waals surface area contributed by atoms with Crippen LogP contribution in [0.2, 0.25) is 0 Å². The van der Waals surface area contributed by atoms with Gasteiger partial charge in [-0.05, 0) is 54.7 Å². The van der Waals surface area contributed by atoms with Gasteiger partial charge in [-0.1, -0.05) is 12.1 Å². The van der Waals surface area contributed by atoms with E-state index in [2.05, 4.69) is 5.32 Å². The first-order valence-corrected chi connectivity index (χ1v) is 12.2. The van der Waals surface area contributed by atoms with Gasteiger partial charge in [-0.2, -0.15) is 0 Å². The van der Waals surface area contributed by atoms with Gasteiger partial charge in [0, 0.05) is 28.0 Å². The maximum absolute atomic E-state index is 12.7. The average molecular weight is 506 g/mol. The van der Waals surface area contributed by atoms with Crippen LogP contribution in [-0.4, -0.2) is 32.7 Å². The first-order chi connectivity index (χ1) is 17.5. The van der Waals surface area contributed by atoms with E-state index in [0.717, 1.165) is 41.3 Å². The summed E-state index contributed by atoms with van der Waals surface area (Å²) in [6, 6.07) is 12.5. The van der Waals surface area contributed by atoms with Gasteiger partial charge in [0.1, 0.15) is 27.6 Å². The molecule has 8 nitrogen and oxygen atoms in total. The monoisotopic (exact) mass is 505 g/mol.